The molecule has 4 aromatic rings. The second kappa shape index (κ2) is 14.7. The highest BCUT2D eigenvalue weighted by molar-refractivity contribution is 5.80. The average Bonchev–Trinajstić information content (AvgIpc) is 3.49. The number of pyridine rings is 1. The monoisotopic (exact) mass is 657 g/mol. The first-order valence-electron chi connectivity index (χ1n) is 16.9. The smallest absolute Gasteiger partial charge is 0.310 e. The van der Waals surface area contributed by atoms with Crippen molar-refractivity contribution >= 4 is 17.4 Å². The minimum atomic E-state index is -0.500. The summed E-state index contributed by atoms with van der Waals surface area (Å²) in [5.41, 5.74) is 8.42. The Balaban J connectivity index is 0.000000840. The van der Waals surface area contributed by atoms with Gasteiger partial charge in [0.2, 0.25) is 0 Å². The van der Waals surface area contributed by atoms with Gasteiger partial charge >= 0.3 is 5.97 Å². The minimum absolute atomic E-state index is 0.204. The zero-order valence-electron chi connectivity index (χ0n) is 29.8. The maximum Gasteiger partial charge on any atom is 0.310 e. The van der Waals surface area contributed by atoms with Crippen LogP contribution in [0.4, 0.5) is 5.82 Å². The summed E-state index contributed by atoms with van der Waals surface area (Å²) in [6, 6.07) is 14.7. The fraction of sp³-hybridized carbons (Fsp3) is 0.487. The molecule has 0 saturated carbocycles. The van der Waals surface area contributed by atoms with Crippen molar-refractivity contribution in [1.29, 1.82) is 0 Å². The number of ether oxygens (including phenoxy) is 4. The number of benzene rings is 2. The normalized spacial score (nSPS) is 16.5. The van der Waals surface area contributed by atoms with Gasteiger partial charge in [0.15, 0.2) is 0 Å². The van der Waals surface area contributed by atoms with E-state index in [2.05, 4.69) is 79.6 Å². The molecule has 0 atom stereocenters. The van der Waals surface area contributed by atoms with Crippen LogP contribution in [0, 0.1) is 20.8 Å². The number of hydrogen-bond donors (Lipinski definition) is 1. The van der Waals surface area contributed by atoms with Gasteiger partial charge in [-0.2, -0.15) is 0 Å². The zero-order chi connectivity index (χ0) is 34.6. The highest BCUT2D eigenvalue weighted by Crippen LogP contribution is 2.38. The molecule has 9 heteroatoms. The van der Waals surface area contributed by atoms with E-state index in [4.69, 9.17) is 29.0 Å². The molecule has 3 aliphatic heterocycles. The van der Waals surface area contributed by atoms with Crippen molar-refractivity contribution in [3.05, 3.63) is 70.9 Å². The molecule has 6 bridgehead atoms. The third-order valence-corrected chi connectivity index (χ3v) is 8.99. The molecule has 0 radical (unpaired) electrons. The third kappa shape index (κ3) is 8.38. The van der Waals surface area contributed by atoms with E-state index in [9.17, 15) is 4.79 Å². The number of anilines is 1. The van der Waals surface area contributed by atoms with Gasteiger partial charge in [-0.25, -0.2) is 4.98 Å². The topological polar surface area (TPSA) is 94.8 Å². The van der Waals surface area contributed by atoms with Crippen molar-refractivity contribution in [2.24, 2.45) is 0 Å². The first-order valence-corrected chi connectivity index (χ1v) is 16.9. The lowest BCUT2D eigenvalue weighted by Gasteiger charge is -2.41. The number of fused-ring (bicyclic) bond motifs is 8. The highest BCUT2D eigenvalue weighted by atomic mass is 16.6. The van der Waals surface area contributed by atoms with E-state index in [1.165, 1.54) is 7.11 Å². The van der Waals surface area contributed by atoms with Crippen LogP contribution in [0.15, 0.2) is 48.7 Å². The van der Waals surface area contributed by atoms with Gasteiger partial charge in [0.25, 0.3) is 0 Å². The third-order valence-electron chi connectivity index (χ3n) is 8.99. The number of imidazole rings is 1. The number of carbonyl (C=O) groups is 1. The first kappa shape index (κ1) is 35.4. The standard InChI is InChI=1S/C35H41N3O5.C4H10O/c1-23-9-10-31-29(19-23)26-7-6-8-27(20-26)30-22-38-33(36-30)25(3)24(2)28(21-32(39)40-5)34(38)37-13-11-35(4,12-14-37)43-18-16-41-15-17-42-31;1-4(2,3)5/h6-10,19-20,22H,11-18,21H2,1-5H3;5H,1-3H3. The second-order valence-electron chi connectivity index (χ2n) is 14.1. The number of aromatic nitrogens is 2. The van der Waals surface area contributed by atoms with Gasteiger partial charge < -0.3 is 29.0 Å². The van der Waals surface area contributed by atoms with Gasteiger partial charge in [-0.05, 0) is 96.2 Å². The molecule has 2 aromatic heterocycles. The summed E-state index contributed by atoms with van der Waals surface area (Å²) in [4.78, 5) is 20.2. The molecular weight excluding hydrogens is 606 g/mol. The van der Waals surface area contributed by atoms with E-state index < -0.39 is 5.60 Å². The van der Waals surface area contributed by atoms with Crippen molar-refractivity contribution < 1.29 is 28.8 Å². The molecule has 0 aliphatic carbocycles. The number of carbonyl (C=O) groups excluding carboxylic acids is 1. The molecule has 5 heterocycles. The number of esters is 1. The molecular formula is C39H51N3O6. The Hall–Kier alpha value is -3.92. The fourth-order valence-electron chi connectivity index (χ4n) is 6.26. The van der Waals surface area contributed by atoms with Crippen LogP contribution in [0.1, 0.15) is 62.8 Å². The van der Waals surface area contributed by atoms with Crippen LogP contribution < -0.4 is 9.64 Å². The Labute approximate surface area is 284 Å². The number of nitrogens with zero attached hydrogens (tertiary/aromatic N) is 3. The Morgan fingerprint density at radius 3 is 2.38 bits per heavy atom. The van der Waals surface area contributed by atoms with Gasteiger partial charge in [0, 0.05) is 36.0 Å². The lowest BCUT2D eigenvalue weighted by Crippen LogP contribution is -2.45. The van der Waals surface area contributed by atoms with Crippen molar-refractivity contribution in [3.63, 3.8) is 0 Å². The summed E-state index contributed by atoms with van der Waals surface area (Å²) >= 11 is 0. The second-order valence-corrected chi connectivity index (χ2v) is 14.1. The molecule has 1 fully saturated rings. The van der Waals surface area contributed by atoms with E-state index in [1.54, 1.807) is 20.8 Å². The van der Waals surface area contributed by atoms with Crippen molar-refractivity contribution in [3.8, 4) is 28.1 Å². The minimum Gasteiger partial charge on any atom is -0.491 e. The van der Waals surface area contributed by atoms with Crippen molar-refractivity contribution in [2.75, 3.05) is 51.5 Å². The Kier molecular flexibility index (Phi) is 10.8. The lowest BCUT2D eigenvalue weighted by atomic mass is 9.92. The van der Waals surface area contributed by atoms with Crippen LogP contribution >= 0.6 is 0 Å². The van der Waals surface area contributed by atoms with Gasteiger partial charge in [-0.3, -0.25) is 9.20 Å². The van der Waals surface area contributed by atoms with Crippen molar-refractivity contribution in [2.45, 2.75) is 78.9 Å². The molecule has 1 N–H and O–H groups in total. The summed E-state index contributed by atoms with van der Waals surface area (Å²) in [5, 5.41) is 8.52. The molecule has 7 rings (SSSR count). The van der Waals surface area contributed by atoms with Gasteiger partial charge in [0.1, 0.15) is 23.8 Å². The van der Waals surface area contributed by atoms with Crippen LogP contribution in [-0.4, -0.2) is 78.3 Å². The molecule has 0 amide bonds. The van der Waals surface area contributed by atoms with Gasteiger partial charge in [-0.15, -0.1) is 0 Å². The van der Waals surface area contributed by atoms with E-state index >= 15 is 0 Å². The predicted molar refractivity (Wildman–Crippen MR) is 190 cm³/mol. The van der Waals surface area contributed by atoms with E-state index in [-0.39, 0.29) is 18.0 Å². The summed E-state index contributed by atoms with van der Waals surface area (Å²) in [6.45, 7) is 17.3. The molecule has 2 aromatic carbocycles. The number of methoxy groups -OCH3 is 1. The van der Waals surface area contributed by atoms with Crippen LogP contribution in [0.3, 0.4) is 0 Å². The molecule has 3 aliphatic rings. The van der Waals surface area contributed by atoms with Crippen LogP contribution in [-0.2, 0) is 25.4 Å². The van der Waals surface area contributed by atoms with Crippen LogP contribution in [0.2, 0.25) is 0 Å². The van der Waals surface area contributed by atoms with Crippen LogP contribution in [0.25, 0.3) is 28.0 Å². The SMILES string of the molecule is CC(C)(C)O.COC(=O)Cc1c(C)c(C)c2nc3cn2c1N1CCC(C)(CC1)OCCOCCOc1ccc(C)cc1-c1cccc-3c1. The Morgan fingerprint density at radius 2 is 1.67 bits per heavy atom. The molecule has 258 valence electrons. The summed E-state index contributed by atoms with van der Waals surface area (Å²) in [7, 11) is 1.45. The number of rotatable bonds is 2. The predicted octanol–water partition coefficient (Wildman–Crippen LogP) is 6.87. The largest absolute Gasteiger partial charge is 0.491 e. The lowest BCUT2D eigenvalue weighted by molar-refractivity contribution is -0.139. The molecule has 48 heavy (non-hydrogen) atoms. The van der Waals surface area contributed by atoms with Crippen LogP contribution in [0.5, 0.6) is 5.75 Å². The Bertz CT molecular complexity index is 1740. The van der Waals surface area contributed by atoms with Gasteiger partial charge in [-0.1, -0.05) is 29.8 Å². The Morgan fingerprint density at radius 1 is 0.979 bits per heavy atom. The summed E-state index contributed by atoms with van der Waals surface area (Å²) in [5.74, 6) is 1.58. The molecule has 1 saturated heterocycles. The maximum atomic E-state index is 12.6. The fourth-order valence-corrected chi connectivity index (χ4v) is 6.26. The number of piperidine rings is 1. The number of aliphatic hydroxyl groups is 1. The number of hydrogen-bond acceptors (Lipinski definition) is 8. The maximum absolute atomic E-state index is 12.6. The number of aryl methyl sites for hydroxylation is 2. The van der Waals surface area contributed by atoms with E-state index in [1.807, 2.05) is 6.07 Å². The van der Waals surface area contributed by atoms with Gasteiger partial charge in [0.05, 0.1) is 50.2 Å². The van der Waals surface area contributed by atoms with E-state index in [0.29, 0.717) is 26.4 Å². The molecule has 0 spiro atoms. The highest BCUT2D eigenvalue weighted by Gasteiger charge is 2.33. The quantitative estimate of drug-likeness (QED) is 0.184. The average molecular weight is 658 g/mol. The summed E-state index contributed by atoms with van der Waals surface area (Å²) in [6.07, 6.45) is 4.05. The van der Waals surface area contributed by atoms with Crippen molar-refractivity contribution in [1.82, 2.24) is 9.38 Å². The zero-order valence-corrected chi connectivity index (χ0v) is 29.8. The van der Waals surface area contributed by atoms with E-state index in [0.717, 1.165) is 87.8 Å². The first-order chi connectivity index (χ1) is 22.8. The summed E-state index contributed by atoms with van der Waals surface area (Å²) < 4.78 is 25.8. The molecule has 9 nitrogen and oxygen atoms in total. The molecule has 0 unspecified atom stereocenters.